The molecular formula is C24H28Cl4N2O2S. The topological polar surface area (TPSA) is 49.4 Å². The highest BCUT2D eigenvalue weighted by atomic mass is 35.5. The number of unbranched alkanes of at least 4 members (excludes halogenated alkanes) is 1. The molecule has 1 unspecified atom stereocenters. The van der Waals surface area contributed by atoms with Crippen LogP contribution in [0.2, 0.25) is 20.1 Å². The van der Waals surface area contributed by atoms with E-state index in [2.05, 4.69) is 12.2 Å². The number of nitrogens with one attached hydrogen (secondary N) is 1. The predicted octanol–water partition coefficient (Wildman–Crippen LogP) is 7.26. The summed E-state index contributed by atoms with van der Waals surface area (Å²) in [7, 11) is 0. The van der Waals surface area contributed by atoms with Gasteiger partial charge < -0.3 is 10.2 Å². The van der Waals surface area contributed by atoms with Gasteiger partial charge in [-0.05, 0) is 48.2 Å². The van der Waals surface area contributed by atoms with Crippen LogP contribution in [-0.4, -0.2) is 35.1 Å². The van der Waals surface area contributed by atoms with Gasteiger partial charge in [0.2, 0.25) is 11.8 Å². The molecule has 0 saturated carbocycles. The summed E-state index contributed by atoms with van der Waals surface area (Å²) in [4.78, 5) is 27.8. The van der Waals surface area contributed by atoms with Crippen molar-refractivity contribution in [3.05, 3.63) is 67.6 Å². The molecule has 180 valence electrons. The summed E-state index contributed by atoms with van der Waals surface area (Å²) < 4.78 is 0. The first-order valence-electron chi connectivity index (χ1n) is 10.8. The Morgan fingerprint density at radius 3 is 2.12 bits per heavy atom. The smallest absolute Gasteiger partial charge is 0.242 e. The van der Waals surface area contributed by atoms with E-state index in [0.717, 1.165) is 24.0 Å². The highest BCUT2D eigenvalue weighted by Crippen LogP contribution is 2.27. The molecule has 0 aliphatic carbocycles. The van der Waals surface area contributed by atoms with E-state index in [9.17, 15) is 9.59 Å². The van der Waals surface area contributed by atoms with Crippen molar-refractivity contribution < 1.29 is 9.59 Å². The first-order valence-corrected chi connectivity index (χ1v) is 13.5. The summed E-state index contributed by atoms with van der Waals surface area (Å²) in [6.45, 7) is 4.76. The third kappa shape index (κ3) is 8.88. The largest absolute Gasteiger partial charge is 0.354 e. The van der Waals surface area contributed by atoms with Gasteiger partial charge in [-0.3, -0.25) is 9.59 Å². The lowest BCUT2D eigenvalue weighted by atomic mass is 10.1. The Balaban J connectivity index is 2.16. The SMILES string of the molecule is CCCCNC(=O)C(CC)N(Cc1ccc(Cl)cc1Cl)C(=O)CSCc1ccc(Cl)cc1Cl. The van der Waals surface area contributed by atoms with Gasteiger partial charge in [-0.15, -0.1) is 11.8 Å². The quantitative estimate of drug-likeness (QED) is 0.283. The van der Waals surface area contributed by atoms with E-state index in [4.69, 9.17) is 46.4 Å². The Labute approximate surface area is 220 Å². The number of halogens is 4. The monoisotopic (exact) mass is 548 g/mol. The fourth-order valence-corrected chi connectivity index (χ4v) is 5.17. The van der Waals surface area contributed by atoms with Crippen molar-refractivity contribution in [2.75, 3.05) is 12.3 Å². The van der Waals surface area contributed by atoms with Crippen molar-refractivity contribution in [2.24, 2.45) is 0 Å². The number of carbonyl (C=O) groups excluding carboxylic acids is 2. The van der Waals surface area contributed by atoms with E-state index < -0.39 is 6.04 Å². The van der Waals surface area contributed by atoms with E-state index in [1.807, 2.05) is 13.0 Å². The summed E-state index contributed by atoms with van der Waals surface area (Å²) in [5, 5.41) is 5.06. The maximum absolute atomic E-state index is 13.3. The van der Waals surface area contributed by atoms with Crippen molar-refractivity contribution in [1.29, 1.82) is 0 Å². The molecule has 0 aliphatic heterocycles. The molecule has 1 atom stereocenters. The van der Waals surface area contributed by atoms with Gasteiger partial charge in [-0.2, -0.15) is 0 Å². The van der Waals surface area contributed by atoms with Gasteiger partial charge in [0.25, 0.3) is 0 Å². The standard InChI is InChI=1S/C24H28Cl4N2O2S/c1-3-5-10-29-24(32)22(4-2)30(13-16-6-8-18(25)11-20(16)27)23(31)15-33-14-17-7-9-19(26)12-21(17)28/h6-9,11-12,22H,3-5,10,13-15H2,1-2H3,(H,29,32). The highest BCUT2D eigenvalue weighted by molar-refractivity contribution is 7.99. The number of rotatable bonds is 12. The second-order valence-corrected chi connectivity index (χ2v) is 10.2. The number of amides is 2. The average molecular weight is 550 g/mol. The maximum atomic E-state index is 13.3. The lowest BCUT2D eigenvalue weighted by Crippen LogP contribution is -2.49. The number of hydrogen-bond acceptors (Lipinski definition) is 3. The molecule has 0 spiro atoms. The first kappa shape index (κ1) is 28.1. The number of hydrogen-bond donors (Lipinski definition) is 1. The molecule has 0 aliphatic rings. The molecule has 0 radical (unpaired) electrons. The number of thioether (sulfide) groups is 1. The van der Waals surface area contributed by atoms with Crippen LogP contribution in [0.25, 0.3) is 0 Å². The fraction of sp³-hybridized carbons (Fsp3) is 0.417. The molecule has 0 saturated heterocycles. The Morgan fingerprint density at radius 2 is 1.58 bits per heavy atom. The van der Waals surface area contributed by atoms with Gasteiger partial charge in [0.05, 0.1) is 5.75 Å². The third-order valence-corrected chi connectivity index (χ3v) is 7.21. The zero-order chi connectivity index (χ0) is 24.4. The van der Waals surface area contributed by atoms with Crippen molar-refractivity contribution >= 4 is 70.0 Å². The van der Waals surface area contributed by atoms with Crippen LogP contribution in [0.1, 0.15) is 44.2 Å². The Kier molecular flexibility index (Phi) is 12.2. The molecule has 0 aromatic heterocycles. The molecule has 2 aromatic carbocycles. The van der Waals surface area contributed by atoms with Crippen LogP contribution < -0.4 is 5.32 Å². The van der Waals surface area contributed by atoms with Crippen LogP contribution in [0.15, 0.2) is 36.4 Å². The van der Waals surface area contributed by atoms with Crippen molar-refractivity contribution in [2.45, 2.75) is 51.4 Å². The molecule has 4 nitrogen and oxygen atoms in total. The van der Waals surface area contributed by atoms with Crippen LogP contribution in [0, 0.1) is 0 Å². The Morgan fingerprint density at radius 1 is 0.970 bits per heavy atom. The van der Waals surface area contributed by atoms with Gasteiger partial charge in [0, 0.05) is 38.9 Å². The lowest BCUT2D eigenvalue weighted by molar-refractivity contribution is -0.139. The zero-order valence-electron chi connectivity index (χ0n) is 18.7. The average Bonchev–Trinajstić information content (AvgIpc) is 2.76. The normalized spacial score (nSPS) is 11.8. The number of carbonyl (C=O) groups is 2. The lowest BCUT2D eigenvalue weighted by Gasteiger charge is -2.31. The Hall–Kier alpha value is -1.11. The van der Waals surface area contributed by atoms with Gasteiger partial charge in [-0.25, -0.2) is 0 Å². The second-order valence-electron chi connectivity index (χ2n) is 7.55. The molecule has 33 heavy (non-hydrogen) atoms. The van der Waals surface area contributed by atoms with Crippen LogP contribution in [0.4, 0.5) is 0 Å². The van der Waals surface area contributed by atoms with Gasteiger partial charge in [-0.1, -0.05) is 78.8 Å². The van der Waals surface area contributed by atoms with E-state index in [1.165, 1.54) is 11.8 Å². The minimum atomic E-state index is -0.596. The number of nitrogens with zero attached hydrogens (tertiary/aromatic N) is 1. The second kappa shape index (κ2) is 14.3. The molecule has 2 rings (SSSR count). The van der Waals surface area contributed by atoms with Gasteiger partial charge >= 0.3 is 0 Å². The molecule has 1 N–H and O–H groups in total. The van der Waals surface area contributed by atoms with Gasteiger partial charge in [0.15, 0.2) is 0 Å². The van der Waals surface area contributed by atoms with Crippen molar-refractivity contribution in [1.82, 2.24) is 10.2 Å². The van der Waals surface area contributed by atoms with Crippen LogP contribution >= 0.6 is 58.2 Å². The third-order valence-electron chi connectivity index (χ3n) is 5.07. The van der Waals surface area contributed by atoms with Crippen molar-refractivity contribution in [3.63, 3.8) is 0 Å². The van der Waals surface area contributed by atoms with E-state index in [-0.39, 0.29) is 24.1 Å². The zero-order valence-corrected chi connectivity index (χ0v) is 22.5. The summed E-state index contributed by atoms with van der Waals surface area (Å²) in [5.74, 6) is 0.448. The van der Waals surface area contributed by atoms with E-state index in [1.54, 1.807) is 35.2 Å². The minimum Gasteiger partial charge on any atom is -0.354 e. The van der Waals surface area contributed by atoms with E-state index >= 15 is 0 Å². The molecule has 0 fully saturated rings. The first-order chi connectivity index (χ1) is 15.8. The molecule has 0 bridgehead atoms. The molecule has 9 heteroatoms. The van der Waals surface area contributed by atoms with Crippen LogP contribution in [0.5, 0.6) is 0 Å². The molecular weight excluding hydrogens is 522 g/mol. The van der Waals surface area contributed by atoms with Crippen LogP contribution in [0.3, 0.4) is 0 Å². The number of benzene rings is 2. The van der Waals surface area contributed by atoms with Gasteiger partial charge in [0.1, 0.15) is 6.04 Å². The minimum absolute atomic E-state index is 0.145. The van der Waals surface area contributed by atoms with E-state index in [0.29, 0.717) is 38.8 Å². The van der Waals surface area contributed by atoms with Crippen LogP contribution in [-0.2, 0) is 21.9 Å². The molecule has 0 heterocycles. The predicted molar refractivity (Wildman–Crippen MR) is 142 cm³/mol. The summed E-state index contributed by atoms with van der Waals surface area (Å²) >= 11 is 26.0. The van der Waals surface area contributed by atoms with Crippen molar-refractivity contribution in [3.8, 4) is 0 Å². The summed E-state index contributed by atoms with van der Waals surface area (Å²) in [6, 6.07) is 9.86. The summed E-state index contributed by atoms with van der Waals surface area (Å²) in [5.41, 5.74) is 1.63. The molecule has 2 amide bonds. The summed E-state index contributed by atoms with van der Waals surface area (Å²) in [6.07, 6.45) is 2.35. The Bertz CT molecular complexity index is 958. The maximum Gasteiger partial charge on any atom is 0.242 e. The fourth-order valence-electron chi connectivity index (χ4n) is 3.23. The highest BCUT2D eigenvalue weighted by Gasteiger charge is 2.29. The molecule has 2 aromatic rings.